The molecule has 24 heavy (non-hydrogen) atoms. The van der Waals surface area contributed by atoms with Gasteiger partial charge in [-0.25, -0.2) is 0 Å². The van der Waals surface area contributed by atoms with E-state index >= 15 is 0 Å². The van der Waals surface area contributed by atoms with Gasteiger partial charge in [0.05, 0.1) is 5.52 Å². The highest BCUT2D eigenvalue weighted by Gasteiger charge is 2.24. The summed E-state index contributed by atoms with van der Waals surface area (Å²) in [5.41, 5.74) is 5.72. The van der Waals surface area contributed by atoms with Crippen LogP contribution < -0.4 is 10.6 Å². The van der Waals surface area contributed by atoms with Crippen molar-refractivity contribution in [2.24, 2.45) is 0 Å². The molecule has 3 heteroatoms. The molecule has 3 aromatic rings. The van der Waals surface area contributed by atoms with Crippen LogP contribution in [-0.4, -0.2) is 24.2 Å². The van der Waals surface area contributed by atoms with Crippen molar-refractivity contribution in [3.8, 4) is 0 Å². The van der Waals surface area contributed by atoms with E-state index in [0.717, 1.165) is 19.6 Å². The number of hydrogen-bond donors (Lipinski definition) is 2. The normalized spacial score (nSPS) is 18.5. The van der Waals surface area contributed by atoms with E-state index in [1.54, 1.807) is 0 Å². The zero-order valence-corrected chi connectivity index (χ0v) is 14.4. The summed E-state index contributed by atoms with van der Waals surface area (Å²) >= 11 is 0. The summed E-state index contributed by atoms with van der Waals surface area (Å²) in [6, 6.07) is 18.2. The van der Waals surface area contributed by atoms with Crippen LogP contribution in [0.5, 0.6) is 0 Å². The van der Waals surface area contributed by atoms with E-state index in [1.165, 1.54) is 27.6 Å². The van der Waals surface area contributed by atoms with Crippen LogP contribution in [0.15, 0.2) is 54.7 Å². The standard InChI is InChI=1S/C21H25N3/c1-15(22-2)14-24-11-10-17-8-9-18-19(16-6-4-3-5-7-16)12-23-13-20(18)21(17)24/h3-11,15,19,22-23H,12-14H2,1-2H3. The molecule has 0 aliphatic carbocycles. The lowest BCUT2D eigenvalue weighted by Crippen LogP contribution is -2.30. The van der Waals surface area contributed by atoms with Crippen molar-refractivity contribution in [1.29, 1.82) is 0 Å². The van der Waals surface area contributed by atoms with E-state index in [-0.39, 0.29) is 0 Å². The van der Waals surface area contributed by atoms with Crippen LogP contribution >= 0.6 is 0 Å². The maximum Gasteiger partial charge on any atom is 0.0529 e. The second-order valence-corrected chi connectivity index (χ2v) is 6.82. The van der Waals surface area contributed by atoms with Crippen LogP contribution in [0, 0.1) is 0 Å². The van der Waals surface area contributed by atoms with Gasteiger partial charge in [-0.05, 0) is 42.1 Å². The van der Waals surface area contributed by atoms with E-state index in [9.17, 15) is 0 Å². The molecule has 2 heterocycles. The molecule has 2 unspecified atom stereocenters. The smallest absolute Gasteiger partial charge is 0.0529 e. The summed E-state index contributed by atoms with van der Waals surface area (Å²) in [7, 11) is 2.03. The maximum absolute atomic E-state index is 3.64. The fraction of sp³-hybridized carbons (Fsp3) is 0.333. The van der Waals surface area contributed by atoms with Gasteiger partial charge in [0.1, 0.15) is 0 Å². The third-order valence-electron chi connectivity index (χ3n) is 5.26. The SMILES string of the molecule is CNC(C)Cn1ccc2ccc3c(c21)CNCC3c1ccccc1. The molecule has 0 radical (unpaired) electrons. The van der Waals surface area contributed by atoms with E-state index in [1.807, 2.05) is 7.05 Å². The summed E-state index contributed by atoms with van der Waals surface area (Å²) in [6.07, 6.45) is 2.23. The Morgan fingerprint density at radius 3 is 2.79 bits per heavy atom. The number of hydrogen-bond acceptors (Lipinski definition) is 2. The van der Waals surface area contributed by atoms with Crippen LogP contribution in [0.1, 0.15) is 29.5 Å². The van der Waals surface area contributed by atoms with Crippen molar-refractivity contribution >= 4 is 10.9 Å². The van der Waals surface area contributed by atoms with Crippen molar-refractivity contribution in [2.45, 2.75) is 32.0 Å². The minimum absolute atomic E-state index is 0.435. The number of aromatic nitrogens is 1. The van der Waals surface area contributed by atoms with E-state index < -0.39 is 0 Å². The predicted molar refractivity (Wildman–Crippen MR) is 100 cm³/mol. The van der Waals surface area contributed by atoms with Gasteiger partial charge in [-0.1, -0.05) is 42.5 Å². The Morgan fingerprint density at radius 1 is 1.17 bits per heavy atom. The molecule has 2 N–H and O–H groups in total. The number of nitrogens with one attached hydrogen (secondary N) is 2. The molecule has 1 aliphatic rings. The van der Waals surface area contributed by atoms with Crippen LogP contribution in [0.2, 0.25) is 0 Å². The Balaban J connectivity index is 1.83. The summed E-state index contributed by atoms with van der Waals surface area (Å²) in [4.78, 5) is 0. The largest absolute Gasteiger partial charge is 0.346 e. The Bertz CT molecular complexity index is 835. The third-order valence-corrected chi connectivity index (χ3v) is 5.26. The first kappa shape index (κ1) is 15.4. The van der Waals surface area contributed by atoms with E-state index in [0.29, 0.717) is 12.0 Å². The summed E-state index contributed by atoms with van der Waals surface area (Å²) < 4.78 is 2.41. The molecule has 0 fully saturated rings. The Morgan fingerprint density at radius 2 is 2.00 bits per heavy atom. The highest BCUT2D eigenvalue weighted by molar-refractivity contribution is 5.85. The average Bonchev–Trinajstić information content (AvgIpc) is 3.05. The highest BCUT2D eigenvalue weighted by atomic mass is 15.0. The van der Waals surface area contributed by atoms with Crippen molar-refractivity contribution in [2.75, 3.05) is 13.6 Å². The summed E-state index contributed by atoms with van der Waals surface area (Å²) in [5.74, 6) is 0.435. The quantitative estimate of drug-likeness (QED) is 0.771. The van der Waals surface area contributed by atoms with Gasteiger partial charge < -0.3 is 15.2 Å². The molecule has 2 atom stereocenters. The molecule has 3 nitrogen and oxygen atoms in total. The van der Waals surface area contributed by atoms with Gasteiger partial charge in [0.2, 0.25) is 0 Å². The zero-order chi connectivity index (χ0) is 16.5. The van der Waals surface area contributed by atoms with Gasteiger partial charge in [0.15, 0.2) is 0 Å². The number of nitrogens with zero attached hydrogens (tertiary/aromatic N) is 1. The average molecular weight is 319 g/mol. The van der Waals surface area contributed by atoms with Gasteiger partial charge in [-0.15, -0.1) is 0 Å². The van der Waals surface area contributed by atoms with Crippen molar-refractivity contribution in [3.05, 3.63) is 71.4 Å². The fourth-order valence-corrected chi connectivity index (χ4v) is 3.87. The van der Waals surface area contributed by atoms with Gasteiger partial charge in [-0.2, -0.15) is 0 Å². The second-order valence-electron chi connectivity index (χ2n) is 6.82. The Hall–Kier alpha value is -2.10. The zero-order valence-electron chi connectivity index (χ0n) is 14.4. The molecule has 124 valence electrons. The molecule has 0 spiro atoms. The lowest BCUT2D eigenvalue weighted by atomic mass is 9.84. The third kappa shape index (κ3) is 2.64. The first-order valence-corrected chi connectivity index (χ1v) is 8.81. The number of benzene rings is 2. The lowest BCUT2D eigenvalue weighted by Gasteiger charge is -2.28. The fourth-order valence-electron chi connectivity index (χ4n) is 3.87. The number of rotatable bonds is 4. The second kappa shape index (κ2) is 6.42. The van der Waals surface area contributed by atoms with Crippen molar-refractivity contribution in [1.82, 2.24) is 15.2 Å². The van der Waals surface area contributed by atoms with Crippen molar-refractivity contribution in [3.63, 3.8) is 0 Å². The van der Waals surface area contributed by atoms with Crippen LogP contribution in [0.3, 0.4) is 0 Å². The molecule has 2 aromatic carbocycles. The molecular formula is C21H25N3. The topological polar surface area (TPSA) is 29.0 Å². The molecule has 1 aromatic heterocycles. The lowest BCUT2D eigenvalue weighted by molar-refractivity contribution is 0.522. The Labute approximate surface area is 143 Å². The van der Waals surface area contributed by atoms with Gasteiger partial charge in [0.25, 0.3) is 0 Å². The molecular weight excluding hydrogens is 294 g/mol. The first-order chi connectivity index (χ1) is 11.8. The van der Waals surface area contributed by atoms with Crippen LogP contribution in [0.25, 0.3) is 10.9 Å². The highest BCUT2D eigenvalue weighted by Crippen LogP contribution is 2.34. The van der Waals surface area contributed by atoms with Gasteiger partial charge in [0, 0.05) is 37.8 Å². The maximum atomic E-state index is 3.64. The molecule has 4 rings (SSSR count). The molecule has 0 saturated carbocycles. The summed E-state index contributed by atoms with van der Waals surface area (Å²) in [6.45, 7) is 5.18. The predicted octanol–water partition coefficient (Wildman–Crippen LogP) is 3.48. The molecule has 0 bridgehead atoms. The number of fused-ring (bicyclic) bond motifs is 3. The first-order valence-electron chi connectivity index (χ1n) is 8.81. The van der Waals surface area contributed by atoms with Crippen LogP contribution in [0.4, 0.5) is 0 Å². The van der Waals surface area contributed by atoms with Crippen LogP contribution in [-0.2, 0) is 13.1 Å². The molecule has 1 aliphatic heterocycles. The van der Waals surface area contributed by atoms with E-state index in [2.05, 4.69) is 76.9 Å². The molecule has 0 amide bonds. The number of likely N-dealkylation sites (N-methyl/N-ethyl adjacent to an activating group) is 1. The van der Waals surface area contributed by atoms with Gasteiger partial charge in [-0.3, -0.25) is 0 Å². The minimum atomic E-state index is 0.435. The van der Waals surface area contributed by atoms with E-state index in [4.69, 9.17) is 0 Å². The molecule has 0 saturated heterocycles. The van der Waals surface area contributed by atoms with Crippen molar-refractivity contribution < 1.29 is 0 Å². The minimum Gasteiger partial charge on any atom is -0.346 e. The monoisotopic (exact) mass is 319 g/mol. The Kier molecular flexibility index (Phi) is 4.13. The van der Waals surface area contributed by atoms with Gasteiger partial charge >= 0.3 is 0 Å². The summed E-state index contributed by atoms with van der Waals surface area (Å²) in [5, 5.41) is 8.32.